The van der Waals surface area contributed by atoms with Gasteiger partial charge in [0.25, 0.3) is 0 Å². The van der Waals surface area contributed by atoms with Gasteiger partial charge in [-0.1, -0.05) is 223 Å². The van der Waals surface area contributed by atoms with Crippen LogP contribution in [0.2, 0.25) is 0 Å². The van der Waals surface area contributed by atoms with E-state index in [1.165, 1.54) is 161 Å². The maximum Gasteiger partial charge on any atom is 0.308 e. The lowest BCUT2D eigenvalue weighted by atomic mass is 9.87. The van der Waals surface area contributed by atoms with Crippen molar-refractivity contribution in [2.45, 2.75) is 294 Å². The number of carbonyl (C=O) groups is 2. The van der Waals surface area contributed by atoms with Gasteiger partial charge in [-0.05, 0) is 89.0 Å². The summed E-state index contributed by atoms with van der Waals surface area (Å²) in [6.07, 6.45) is 42.1. The summed E-state index contributed by atoms with van der Waals surface area (Å²) in [6.45, 7) is 27.7. The molecule has 0 spiro atoms. The summed E-state index contributed by atoms with van der Waals surface area (Å²) in [7, 11) is 1.73. The Hall–Kier alpha value is -1.14. The molecule has 0 N–H and O–H groups in total. The van der Waals surface area contributed by atoms with Gasteiger partial charge in [0.1, 0.15) is 0 Å². The maximum absolute atomic E-state index is 13.1. The summed E-state index contributed by atoms with van der Waals surface area (Å²) in [5.41, 5.74) is 0. The van der Waals surface area contributed by atoms with E-state index in [1.807, 2.05) is 0 Å². The van der Waals surface area contributed by atoms with Gasteiger partial charge in [0.15, 0.2) is 0 Å². The molecule has 4 unspecified atom stereocenters. The van der Waals surface area contributed by atoms with E-state index in [1.54, 1.807) is 7.11 Å². The van der Waals surface area contributed by atoms with Gasteiger partial charge in [0.2, 0.25) is 0 Å². The second-order valence-corrected chi connectivity index (χ2v) is 19.5. The molecule has 0 radical (unpaired) electrons. The third kappa shape index (κ3) is 46.0. The normalized spacial score (nSPS) is 15.5. The number of rotatable bonds is 41. The third-order valence-corrected chi connectivity index (χ3v) is 13.0. The largest absolute Gasteiger partial charge is 0.465 e. The first-order chi connectivity index (χ1) is 31.2. The van der Waals surface area contributed by atoms with E-state index in [2.05, 4.69) is 74.1 Å². The number of methoxy groups -OCH3 is 1. The number of esters is 2. The van der Waals surface area contributed by atoms with Gasteiger partial charge in [-0.15, -0.1) is 0 Å². The van der Waals surface area contributed by atoms with Gasteiger partial charge in [-0.3, -0.25) is 9.59 Å². The first-order valence-electron chi connectivity index (χ1n) is 28.8. The molecule has 0 aromatic carbocycles. The molecule has 386 valence electrons. The summed E-state index contributed by atoms with van der Waals surface area (Å²) in [4.78, 5) is 28.8. The summed E-state index contributed by atoms with van der Waals surface area (Å²) in [5, 5.41) is 0. The number of unbranched alkanes of at least 4 members (excludes halogenated alkanes) is 20. The van der Waals surface area contributed by atoms with Gasteiger partial charge in [0.05, 0.1) is 25.0 Å². The second kappa shape index (κ2) is 56.2. The third-order valence-electron chi connectivity index (χ3n) is 13.0. The first kappa shape index (κ1) is 67.1. The van der Waals surface area contributed by atoms with E-state index in [0.717, 1.165) is 102 Å². The highest BCUT2D eigenvalue weighted by Gasteiger charge is 2.31. The van der Waals surface area contributed by atoms with Crippen molar-refractivity contribution in [1.29, 1.82) is 0 Å². The smallest absolute Gasteiger partial charge is 0.308 e. The van der Waals surface area contributed by atoms with E-state index in [4.69, 9.17) is 14.2 Å². The van der Waals surface area contributed by atoms with Gasteiger partial charge in [0, 0.05) is 26.8 Å². The Bertz CT molecular complexity index is 830. The van der Waals surface area contributed by atoms with Gasteiger partial charge in [-0.2, -0.15) is 0 Å². The molecule has 0 aromatic heterocycles. The lowest BCUT2D eigenvalue weighted by molar-refractivity contribution is -0.150. The van der Waals surface area contributed by atoms with E-state index in [9.17, 15) is 9.59 Å². The van der Waals surface area contributed by atoms with Crippen LogP contribution in [0.4, 0.5) is 0 Å². The Morgan fingerprint density at radius 1 is 0.406 bits per heavy atom. The van der Waals surface area contributed by atoms with Crippen LogP contribution in [0.15, 0.2) is 0 Å². The Morgan fingerprint density at radius 2 is 0.719 bits per heavy atom. The topological polar surface area (TPSA) is 65.1 Å². The van der Waals surface area contributed by atoms with Crippen molar-refractivity contribution >= 4 is 11.9 Å². The van der Waals surface area contributed by atoms with Crippen LogP contribution in [-0.2, 0) is 23.8 Å². The van der Waals surface area contributed by atoms with Gasteiger partial charge in [-0.25, -0.2) is 0 Å². The highest BCUT2D eigenvalue weighted by Crippen LogP contribution is 2.32. The van der Waals surface area contributed by atoms with Crippen LogP contribution in [-0.4, -0.2) is 63.4 Å². The molecule has 1 rings (SSSR count). The van der Waals surface area contributed by atoms with Crippen LogP contribution in [0.3, 0.4) is 0 Å². The lowest BCUT2D eigenvalue weighted by Crippen LogP contribution is -2.20. The van der Waals surface area contributed by atoms with E-state index in [0.29, 0.717) is 13.2 Å². The van der Waals surface area contributed by atoms with E-state index >= 15 is 0 Å². The van der Waals surface area contributed by atoms with Gasteiger partial charge < -0.3 is 19.1 Å². The van der Waals surface area contributed by atoms with E-state index in [-0.39, 0.29) is 23.8 Å². The van der Waals surface area contributed by atoms with Crippen molar-refractivity contribution < 1.29 is 23.8 Å². The highest BCUT2D eigenvalue weighted by atomic mass is 16.5. The monoisotopic (exact) mass is 910 g/mol. The second-order valence-electron chi connectivity index (χ2n) is 19.5. The standard InChI is InChI=1S/C46H89NO4.C5H12O.C4H10.C3H8/c1-6-11-15-19-21-25-33-41(31-23-17-13-8-3)45(48)50-37-29-27-35-43-39-47(10-5)40-44(43)36-28-30-38-51-46(49)42(32-24-18-14-9-4)34-26-22-20-16-12-7-2;1-3-4-5-6-2;1-3-4-2;1-3-2/h41-44H,6-40H2,1-5H3;3-5H2,1-2H3;3-4H2,1-2H3;3H2,1-2H3. The van der Waals surface area contributed by atoms with E-state index < -0.39 is 0 Å². The summed E-state index contributed by atoms with van der Waals surface area (Å²) in [5.74, 6) is 1.80. The predicted octanol–water partition coefficient (Wildman–Crippen LogP) is 18.3. The number of nitrogens with zero attached hydrogens (tertiary/aromatic N) is 1. The average molecular weight is 911 g/mol. The zero-order valence-electron chi connectivity index (χ0n) is 45.8. The van der Waals surface area contributed by atoms with Crippen molar-refractivity contribution in [2.75, 3.05) is 46.6 Å². The zero-order chi connectivity index (χ0) is 48.2. The molecule has 4 atom stereocenters. The van der Waals surface area contributed by atoms with Crippen molar-refractivity contribution in [3.8, 4) is 0 Å². The van der Waals surface area contributed by atoms with Crippen LogP contribution in [0.25, 0.3) is 0 Å². The zero-order valence-corrected chi connectivity index (χ0v) is 45.8. The first-order valence-corrected chi connectivity index (χ1v) is 28.8. The quantitative estimate of drug-likeness (QED) is 0.0450. The maximum atomic E-state index is 13.1. The molecular formula is C58H119NO5. The summed E-state index contributed by atoms with van der Waals surface area (Å²) >= 11 is 0. The SMILES string of the molecule is CCC.CCCC.CCCCCCCCC(CCCCCC)C(=O)OCCCCC1CN(CC)CC1CCCCOC(=O)C(CCCCCC)CCCCCCCC.CCCCOC. The van der Waals surface area contributed by atoms with Crippen molar-refractivity contribution in [3.63, 3.8) is 0 Å². The van der Waals surface area contributed by atoms with Crippen molar-refractivity contribution in [2.24, 2.45) is 23.7 Å². The molecule has 0 saturated carbocycles. The molecule has 0 amide bonds. The fraction of sp³-hybridized carbons (Fsp3) is 0.966. The van der Waals surface area contributed by atoms with Crippen LogP contribution in [0.5, 0.6) is 0 Å². The summed E-state index contributed by atoms with van der Waals surface area (Å²) in [6, 6.07) is 0. The minimum atomic E-state index is 0.0712. The number of ether oxygens (including phenoxy) is 3. The highest BCUT2D eigenvalue weighted by molar-refractivity contribution is 5.72. The molecule has 6 heteroatoms. The molecule has 1 aliphatic rings. The van der Waals surface area contributed by atoms with Crippen molar-refractivity contribution in [1.82, 2.24) is 4.90 Å². The molecule has 0 bridgehead atoms. The Labute approximate surface area is 403 Å². The van der Waals surface area contributed by atoms with Crippen LogP contribution < -0.4 is 0 Å². The molecule has 6 nitrogen and oxygen atoms in total. The minimum absolute atomic E-state index is 0.0712. The predicted molar refractivity (Wildman–Crippen MR) is 283 cm³/mol. The molecule has 1 aliphatic heterocycles. The Morgan fingerprint density at radius 3 is 1.00 bits per heavy atom. The molecule has 0 aromatic rings. The minimum Gasteiger partial charge on any atom is -0.465 e. The average Bonchev–Trinajstić information content (AvgIpc) is 3.71. The Balaban J connectivity index is -0.00000250. The number of hydrogen-bond donors (Lipinski definition) is 0. The number of likely N-dealkylation sites (tertiary alicyclic amines) is 1. The van der Waals surface area contributed by atoms with Gasteiger partial charge >= 0.3 is 11.9 Å². The molecule has 1 fully saturated rings. The van der Waals surface area contributed by atoms with Crippen LogP contribution in [0, 0.1) is 23.7 Å². The van der Waals surface area contributed by atoms with Crippen LogP contribution in [0.1, 0.15) is 294 Å². The fourth-order valence-electron chi connectivity index (χ4n) is 8.57. The van der Waals surface area contributed by atoms with Crippen LogP contribution >= 0.6 is 0 Å². The Kier molecular flexibility index (Phi) is 58.9. The lowest BCUT2D eigenvalue weighted by Gasteiger charge is -2.19. The number of carbonyl (C=O) groups excluding carboxylic acids is 2. The molecule has 0 aliphatic carbocycles. The molecule has 1 saturated heterocycles. The van der Waals surface area contributed by atoms with Crippen molar-refractivity contribution in [3.05, 3.63) is 0 Å². The molecule has 64 heavy (non-hydrogen) atoms. The molecule has 1 heterocycles. The molecular weight excluding hydrogens is 791 g/mol. The fourth-order valence-corrected chi connectivity index (χ4v) is 8.57. The number of hydrogen-bond acceptors (Lipinski definition) is 6. The summed E-state index contributed by atoms with van der Waals surface area (Å²) < 4.78 is 16.6.